The van der Waals surface area contributed by atoms with Crippen molar-refractivity contribution in [3.63, 3.8) is 0 Å². The molecule has 13 heavy (non-hydrogen) atoms. The summed E-state index contributed by atoms with van der Waals surface area (Å²) in [4.78, 5) is 8.38. The van der Waals surface area contributed by atoms with Crippen LogP contribution in [0.1, 0.15) is 18.5 Å². The molecule has 0 bridgehead atoms. The smallest absolute Gasteiger partial charge is 0.147 e. The second-order valence-electron chi connectivity index (χ2n) is 3.53. The molecular formula is C9H12ClN3. The number of alkyl halides is 1. The molecule has 0 aromatic carbocycles. The summed E-state index contributed by atoms with van der Waals surface area (Å²) in [5, 5.41) is 3.34. The van der Waals surface area contributed by atoms with Gasteiger partial charge in [-0.15, -0.1) is 11.6 Å². The molecule has 4 heteroatoms. The van der Waals surface area contributed by atoms with Crippen LogP contribution >= 0.6 is 11.6 Å². The first-order valence-corrected chi connectivity index (χ1v) is 4.91. The Bertz CT molecular complexity index is 309. The molecule has 1 aliphatic rings. The van der Waals surface area contributed by atoms with Gasteiger partial charge in [0.2, 0.25) is 0 Å². The topological polar surface area (TPSA) is 37.8 Å². The predicted molar refractivity (Wildman–Crippen MR) is 53.1 cm³/mol. The van der Waals surface area contributed by atoms with Crippen LogP contribution in [0, 0.1) is 6.92 Å². The van der Waals surface area contributed by atoms with Gasteiger partial charge in [-0.2, -0.15) is 0 Å². The number of rotatable bonds is 3. The lowest BCUT2D eigenvalue weighted by Gasteiger charge is -2.15. The maximum absolute atomic E-state index is 5.85. The van der Waals surface area contributed by atoms with E-state index >= 15 is 0 Å². The molecule has 2 rings (SSSR count). The van der Waals surface area contributed by atoms with Crippen LogP contribution in [0.5, 0.6) is 0 Å². The molecule has 1 aliphatic carbocycles. The summed E-state index contributed by atoms with van der Waals surface area (Å²) in [5.74, 6) is 1.50. The van der Waals surface area contributed by atoms with E-state index in [4.69, 9.17) is 11.6 Å². The fourth-order valence-corrected chi connectivity index (χ4v) is 1.56. The zero-order valence-corrected chi connectivity index (χ0v) is 8.30. The summed E-state index contributed by atoms with van der Waals surface area (Å²) < 4.78 is 0. The largest absolute Gasteiger partial charge is 0.362 e. The van der Waals surface area contributed by atoms with Gasteiger partial charge in [0.1, 0.15) is 5.82 Å². The normalized spacial score (nSPS) is 18.3. The Kier molecular flexibility index (Phi) is 2.12. The van der Waals surface area contributed by atoms with Crippen LogP contribution in [0.25, 0.3) is 0 Å². The highest BCUT2D eigenvalue weighted by Crippen LogP contribution is 2.39. The van der Waals surface area contributed by atoms with E-state index in [0.29, 0.717) is 5.88 Å². The summed E-state index contributed by atoms with van der Waals surface area (Å²) in [6, 6.07) is 0. The summed E-state index contributed by atoms with van der Waals surface area (Å²) in [6.45, 7) is 1.94. The number of aryl methyl sites for hydroxylation is 1. The summed E-state index contributed by atoms with van der Waals surface area (Å²) >= 11 is 5.85. The standard InChI is InChI=1S/C9H12ClN3/c1-7-8(12-5-4-11-7)13-9(6-10)2-3-9/h4-5H,2-3,6H2,1H3,(H,12,13). The minimum absolute atomic E-state index is 0.0996. The van der Waals surface area contributed by atoms with Gasteiger partial charge >= 0.3 is 0 Å². The average molecular weight is 198 g/mol. The van der Waals surface area contributed by atoms with Crippen LogP contribution in [0.4, 0.5) is 5.82 Å². The first-order chi connectivity index (χ1) is 6.26. The molecule has 0 radical (unpaired) electrons. The third-order valence-electron chi connectivity index (χ3n) is 2.37. The summed E-state index contributed by atoms with van der Waals surface area (Å²) in [5.41, 5.74) is 1.03. The molecule has 0 amide bonds. The molecule has 3 nitrogen and oxygen atoms in total. The molecule has 70 valence electrons. The molecule has 1 N–H and O–H groups in total. The van der Waals surface area contributed by atoms with E-state index < -0.39 is 0 Å². The van der Waals surface area contributed by atoms with Crippen LogP contribution in [-0.4, -0.2) is 21.4 Å². The Morgan fingerprint density at radius 3 is 2.69 bits per heavy atom. The van der Waals surface area contributed by atoms with Crippen LogP contribution in [0.2, 0.25) is 0 Å². The van der Waals surface area contributed by atoms with Gasteiger partial charge in [0.05, 0.1) is 11.2 Å². The average Bonchev–Trinajstić information content (AvgIpc) is 2.90. The van der Waals surface area contributed by atoms with Crippen molar-refractivity contribution in [3.8, 4) is 0 Å². The highest BCUT2D eigenvalue weighted by molar-refractivity contribution is 6.19. The zero-order chi connectivity index (χ0) is 9.31. The van der Waals surface area contributed by atoms with E-state index in [-0.39, 0.29) is 5.54 Å². The van der Waals surface area contributed by atoms with Gasteiger partial charge in [-0.05, 0) is 19.8 Å². The molecule has 0 unspecified atom stereocenters. The number of nitrogens with zero attached hydrogens (tertiary/aromatic N) is 2. The van der Waals surface area contributed by atoms with Gasteiger partial charge in [0.25, 0.3) is 0 Å². The third kappa shape index (κ3) is 1.75. The number of halogens is 1. The molecule has 1 aromatic rings. The van der Waals surface area contributed by atoms with Crippen molar-refractivity contribution >= 4 is 17.4 Å². The molecule has 0 spiro atoms. The van der Waals surface area contributed by atoms with Gasteiger partial charge in [-0.1, -0.05) is 0 Å². The number of anilines is 1. The van der Waals surface area contributed by atoms with Crippen molar-refractivity contribution in [1.82, 2.24) is 9.97 Å². The SMILES string of the molecule is Cc1nccnc1NC1(CCl)CC1. The first-order valence-electron chi connectivity index (χ1n) is 4.37. The van der Waals surface area contributed by atoms with Gasteiger partial charge in [-0.25, -0.2) is 4.98 Å². The number of hydrogen-bond acceptors (Lipinski definition) is 3. The minimum atomic E-state index is 0.0996. The van der Waals surface area contributed by atoms with Gasteiger partial charge in [0.15, 0.2) is 0 Å². The molecular weight excluding hydrogens is 186 g/mol. The maximum Gasteiger partial charge on any atom is 0.147 e. The Balaban J connectivity index is 2.14. The second-order valence-corrected chi connectivity index (χ2v) is 3.80. The Labute approximate surface area is 82.5 Å². The Hall–Kier alpha value is -0.830. The third-order valence-corrected chi connectivity index (χ3v) is 2.89. The minimum Gasteiger partial charge on any atom is -0.362 e. The zero-order valence-electron chi connectivity index (χ0n) is 7.55. The van der Waals surface area contributed by atoms with Gasteiger partial charge in [-0.3, -0.25) is 4.98 Å². The second kappa shape index (κ2) is 3.14. The van der Waals surface area contributed by atoms with Crippen LogP contribution in [0.15, 0.2) is 12.4 Å². The van der Waals surface area contributed by atoms with Crippen LogP contribution in [0.3, 0.4) is 0 Å². The maximum atomic E-state index is 5.85. The highest BCUT2D eigenvalue weighted by Gasteiger charge is 2.42. The van der Waals surface area contributed by atoms with E-state index in [1.54, 1.807) is 12.4 Å². The molecule has 0 atom stereocenters. The molecule has 0 saturated heterocycles. The molecule has 1 heterocycles. The molecule has 1 aromatic heterocycles. The highest BCUT2D eigenvalue weighted by atomic mass is 35.5. The summed E-state index contributed by atoms with van der Waals surface area (Å²) in [6.07, 6.45) is 5.65. The first kappa shape index (κ1) is 8.75. The van der Waals surface area contributed by atoms with Crippen molar-refractivity contribution in [3.05, 3.63) is 18.1 Å². The lowest BCUT2D eigenvalue weighted by molar-refractivity contribution is 0.823. The van der Waals surface area contributed by atoms with Crippen molar-refractivity contribution in [2.45, 2.75) is 25.3 Å². The van der Waals surface area contributed by atoms with E-state index in [0.717, 1.165) is 24.4 Å². The predicted octanol–water partition coefficient (Wildman–Crippen LogP) is 1.97. The lowest BCUT2D eigenvalue weighted by atomic mass is 10.3. The van der Waals surface area contributed by atoms with Crippen LogP contribution < -0.4 is 5.32 Å². The fourth-order valence-electron chi connectivity index (χ4n) is 1.22. The van der Waals surface area contributed by atoms with E-state index in [9.17, 15) is 0 Å². The quantitative estimate of drug-likeness (QED) is 0.753. The Morgan fingerprint density at radius 2 is 2.15 bits per heavy atom. The van der Waals surface area contributed by atoms with Gasteiger partial charge < -0.3 is 5.32 Å². The van der Waals surface area contributed by atoms with E-state index in [2.05, 4.69) is 15.3 Å². The molecule has 1 saturated carbocycles. The number of nitrogens with one attached hydrogen (secondary N) is 1. The summed E-state index contributed by atoms with van der Waals surface area (Å²) in [7, 11) is 0. The van der Waals surface area contributed by atoms with E-state index in [1.807, 2.05) is 6.92 Å². The van der Waals surface area contributed by atoms with Gasteiger partial charge in [0, 0.05) is 18.3 Å². The van der Waals surface area contributed by atoms with Crippen molar-refractivity contribution in [1.29, 1.82) is 0 Å². The van der Waals surface area contributed by atoms with Crippen molar-refractivity contribution in [2.75, 3.05) is 11.2 Å². The van der Waals surface area contributed by atoms with Crippen molar-refractivity contribution < 1.29 is 0 Å². The molecule has 0 aliphatic heterocycles. The fraction of sp³-hybridized carbons (Fsp3) is 0.556. The van der Waals surface area contributed by atoms with Crippen LogP contribution in [-0.2, 0) is 0 Å². The monoisotopic (exact) mass is 197 g/mol. The molecule has 1 fully saturated rings. The van der Waals surface area contributed by atoms with E-state index in [1.165, 1.54) is 0 Å². The number of hydrogen-bond donors (Lipinski definition) is 1. The Morgan fingerprint density at radius 1 is 1.46 bits per heavy atom. The van der Waals surface area contributed by atoms with Crippen molar-refractivity contribution in [2.24, 2.45) is 0 Å². The lowest BCUT2D eigenvalue weighted by Crippen LogP contribution is -2.24. The number of aromatic nitrogens is 2.